The molecule has 1 N–H and O–H groups in total. The van der Waals surface area contributed by atoms with Crippen LogP contribution in [0.1, 0.15) is 10.4 Å². The normalized spacial score (nSPS) is 10.3. The molecule has 0 aliphatic heterocycles. The molecule has 2 heterocycles. The van der Waals surface area contributed by atoms with Crippen molar-refractivity contribution in [2.45, 2.75) is 0 Å². The first-order valence-electron chi connectivity index (χ1n) is 3.17. The van der Waals surface area contributed by atoms with Crippen LogP contribution in [0.4, 0.5) is 0 Å². The van der Waals surface area contributed by atoms with Gasteiger partial charge in [0.15, 0.2) is 5.65 Å². The second kappa shape index (κ2) is 2.26. The zero-order valence-corrected chi connectivity index (χ0v) is 5.88. The molecule has 6 nitrogen and oxygen atoms in total. The monoisotopic (exact) mass is 164 g/mol. The van der Waals surface area contributed by atoms with Gasteiger partial charge in [-0.3, -0.25) is 0 Å². The van der Waals surface area contributed by atoms with Crippen LogP contribution in [-0.2, 0) is 0 Å². The van der Waals surface area contributed by atoms with Crippen molar-refractivity contribution in [1.82, 2.24) is 19.8 Å². The van der Waals surface area contributed by atoms with Gasteiger partial charge >= 0.3 is 5.97 Å². The molecule has 2 aromatic heterocycles. The molecule has 0 saturated carbocycles. The third-order valence-corrected chi connectivity index (χ3v) is 1.40. The van der Waals surface area contributed by atoms with Gasteiger partial charge in [-0.2, -0.15) is 0 Å². The van der Waals surface area contributed by atoms with Gasteiger partial charge < -0.3 is 5.11 Å². The number of nitrogens with zero attached hydrogens (tertiary/aromatic N) is 4. The van der Waals surface area contributed by atoms with E-state index in [1.54, 1.807) is 0 Å². The van der Waals surface area contributed by atoms with Gasteiger partial charge in [0.05, 0.1) is 11.8 Å². The largest absolute Gasteiger partial charge is 0.478 e. The van der Waals surface area contributed by atoms with E-state index in [4.69, 9.17) is 5.11 Å². The number of hydrogen-bond donors (Lipinski definition) is 1. The van der Waals surface area contributed by atoms with E-state index in [1.165, 1.54) is 23.1 Å². The van der Waals surface area contributed by atoms with E-state index in [0.29, 0.717) is 5.65 Å². The van der Waals surface area contributed by atoms with Crippen molar-refractivity contribution in [3.05, 3.63) is 24.2 Å². The lowest BCUT2D eigenvalue weighted by molar-refractivity contribution is 0.0695. The molecule has 0 radical (unpaired) electrons. The highest BCUT2D eigenvalue weighted by molar-refractivity contribution is 5.86. The van der Waals surface area contributed by atoms with Gasteiger partial charge in [-0.25, -0.2) is 14.3 Å². The Morgan fingerprint density at radius 3 is 3.08 bits per heavy atom. The SMILES string of the molecule is O=C(O)c1cnc2cnnn2c1. The Kier molecular flexibility index (Phi) is 1.26. The van der Waals surface area contributed by atoms with Crippen molar-refractivity contribution in [3.8, 4) is 0 Å². The molecule has 2 aromatic rings. The van der Waals surface area contributed by atoms with Crippen LogP contribution in [0.3, 0.4) is 0 Å². The first-order valence-corrected chi connectivity index (χ1v) is 3.17. The molecular formula is C6H4N4O2. The van der Waals surface area contributed by atoms with E-state index in [9.17, 15) is 4.79 Å². The fraction of sp³-hybridized carbons (Fsp3) is 0. The van der Waals surface area contributed by atoms with Crippen molar-refractivity contribution in [3.63, 3.8) is 0 Å². The zero-order chi connectivity index (χ0) is 8.55. The molecule has 60 valence electrons. The van der Waals surface area contributed by atoms with Gasteiger partial charge in [-0.1, -0.05) is 5.21 Å². The van der Waals surface area contributed by atoms with E-state index in [1.807, 2.05) is 0 Å². The van der Waals surface area contributed by atoms with Crippen LogP contribution < -0.4 is 0 Å². The third kappa shape index (κ3) is 0.895. The lowest BCUT2D eigenvalue weighted by Gasteiger charge is -1.92. The summed E-state index contributed by atoms with van der Waals surface area (Å²) >= 11 is 0. The van der Waals surface area contributed by atoms with Crippen LogP contribution in [0.5, 0.6) is 0 Å². The lowest BCUT2D eigenvalue weighted by atomic mass is 10.3. The van der Waals surface area contributed by atoms with E-state index < -0.39 is 5.97 Å². The maximum absolute atomic E-state index is 10.5. The van der Waals surface area contributed by atoms with E-state index in [0.717, 1.165) is 0 Å². The van der Waals surface area contributed by atoms with Crippen molar-refractivity contribution in [1.29, 1.82) is 0 Å². The Balaban J connectivity index is 2.68. The Bertz CT molecular complexity index is 436. The van der Waals surface area contributed by atoms with Gasteiger partial charge in [0.25, 0.3) is 0 Å². The van der Waals surface area contributed by atoms with Crippen LogP contribution in [0, 0.1) is 0 Å². The summed E-state index contributed by atoms with van der Waals surface area (Å²) in [5.74, 6) is -1.03. The van der Waals surface area contributed by atoms with Gasteiger partial charge in [0.1, 0.15) is 0 Å². The van der Waals surface area contributed by atoms with Crippen molar-refractivity contribution < 1.29 is 9.90 Å². The molecule has 0 fully saturated rings. The summed E-state index contributed by atoms with van der Waals surface area (Å²) in [7, 11) is 0. The Hall–Kier alpha value is -1.98. The summed E-state index contributed by atoms with van der Waals surface area (Å²) in [5, 5.41) is 15.7. The summed E-state index contributed by atoms with van der Waals surface area (Å²) in [6, 6.07) is 0. The highest BCUT2D eigenvalue weighted by Gasteiger charge is 2.04. The van der Waals surface area contributed by atoms with Gasteiger partial charge in [-0.05, 0) is 0 Å². The number of carboxylic acids is 1. The predicted molar refractivity (Wildman–Crippen MR) is 37.7 cm³/mol. The Morgan fingerprint density at radius 2 is 2.33 bits per heavy atom. The molecule has 0 aliphatic carbocycles. The highest BCUT2D eigenvalue weighted by Crippen LogP contribution is 1.99. The standard InChI is InChI=1S/C6H4N4O2/c11-6(12)4-1-7-5-2-8-9-10(5)3-4/h1-3H,(H,11,12). The van der Waals surface area contributed by atoms with Crippen LogP contribution >= 0.6 is 0 Å². The molecule has 12 heavy (non-hydrogen) atoms. The number of hydrogen-bond acceptors (Lipinski definition) is 4. The predicted octanol–water partition coefficient (Wildman–Crippen LogP) is -0.178. The van der Waals surface area contributed by atoms with E-state index in [-0.39, 0.29) is 5.56 Å². The second-order valence-corrected chi connectivity index (χ2v) is 2.18. The molecule has 0 amide bonds. The molecule has 0 bridgehead atoms. The molecular weight excluding hydrogens is 160 g/mol. The number of fused-ring (bicyclic) bond motifs is 1. The van der Waals surface area contributed by atoms with Gasteiger partial charge in [0, 0.05) is 12.4 Å². The Labute approximate surface area is 66.5 Å². The molecule has 0 spiro atoms. The first kappa shape index (κ1) is 6.71. The number of aromatic nitrogens is 4. The zero-order valence-electron chi connectivity index (χ0n) is 5.88. The van der Waals surface area contributed by atoms with Crippen LogP contribution in [0.15, 0.2) is 18.6 Å². The second-order valence-electron chi connectivity index (χ2n) is 2.18. The summed E-state index contributed by atoms with van der Waals surface area (Å²) in [6.07, 6.45) is 4.07. The van der Waals surface area contributed by atoms with E-state index in [2.05, 4.69) is 15.3 Å². The van der Waals surface area contributed by atoms with Crippen LogP contribution in [0.25, 0.3) is 5.65 Å². The topological polar surface area (TPSA) is 80.4 Å². The average Bonchev–Trinajstić information content (AvgIpc) is 2.49. The molecule has 2 rings (SSSR count). The quantitative estimate of drug-likeness (QED) is 0.632. The fourth-order valence-electron chi connectivity index (χ4n) is 0.834. The number of carbonyl (C=O) groups is 1. The van der Waals surface area contributed by atoms with E-state index >= 15 is 0 Å². The fourth-order valence-corrected chi connectivity index (χ4v) is 0.834. The molecule has 0 unspecified atom stereocenters. The minimum Gasteiger partial charge on any atom is -0.478 e. The maximum Gasteiger partial charge on any atom is 0.338 e. The molecule has 0 aromatic carbocycles. The molecule has 0 aliphatic rings. The minimum absolute atomic E-state index is 0.0907. The third-order valence-electron chi connectivity index (χ3n) is 1.40. The smallest absolute Gasteiger partial charge is 0.338 e. The summed E-state index contributed by atoms with van der Waals surface area (Å²) < 4.78 is 1.31. The summed E-state index contributed by atoms with van der Waals surface area (Å²) in [6.45, 7) is 0. The Morgan fingerprint density at radius 1 is 1.50 bits per heavy atom. The maximum atomic E-state index is 10.5. The lowest BCUT2D eigenvalue weighted by Crippen LogP contribution is -2.00. The average molecular weight is 164 g/mol. The van der Waals surface area contributed by atoms with Crippen molar-refractivity contribution in [2.75, 3.05) is 0 Å². The summed E-state index contributed by atoms with van der Waals surface area (Å²) in [5.41, 5.74) is 0.619. The number of aromatic carboxylic acids is 1. The number of carboxylic acid groups (broad SMARTS) is 1. The van der Waals surface area contributed by atoms with Crippen molar-refractivity contribution in [2.24, 2.45) is 0 Å². The number of rotatable bonds is 1. The minimum atomic E-state index is -1.03. The van der Waals surface area contributed by atoms with Crippen LogP contribution in [0.2, 0.25) is 0 Å². The molecule has 6 heteroatoms. The van der Waals surface area contributed by atoms with Crippen molar-refractivity contribution >= 4 is 11.6 Å². The van der Waals surface area contributed by atoms with Gasteiger partial charge in [0.2, 0.25) is 0 Å². The van der Waals surface area contributed by atoms with Gasteiger partial charge in [-0.15, -0.1) is 5.10 Å². The highest BCUT2D eigenvalue weighted by atomic mass is 16.4. The summed E-state index contributed by atoms with van der Waals surface area (Å²) in [4.78, 5) is 14.3. The van der Waals surface area contributed by atoms with Crippen LogP contribution in [-0.4, -0.2) is 30.9 Å². The molecule has 0 atom stereocenters. The first-order chi connectivity index (χ1) is 5.77. The molecule has 0 saturated heterocycles.